The number of carbonyl (C=O) groups excluding carboxylic acids is 1. The summed E-state index contributed by atoms with van der Waals surface area (Å²) in [7, 11) is 0. The molecule has 5 rings (SSSR count). The molecule has 1 aliphatic rings. The molecule has 0 saturated carbocycles. The minimum absolute atomic E-state index is 0.0991. The number of aryl methyl sites for hydroxylation is 2. The zero-order chi connectivity index (χ0) is 23.5. The lowest BCUT2D eigenvalue weighted by atomic mass is 10.1. The lowest BCUT2D eigenvalue weighted by Gasteiger charge is -2.12. The molecule has 1 aliphatic heterocycles. The average molecular weight is 479 g/mol. The summed E-state index contributed by atoms with van der Waals surface area (Å²) in [6.45, 7) is 2.56. The molecular weight excluding hydrogens is 455 g/mol. The average Bonchev–Trinajstić information content (AvgIpc) is 3.37. The maximum Gasteiger partial charge on any atom is 0.256 e. The highest BCUT2D eigenvalue weighted by Gasteiger charge is 2.19. The van der Waals surface area contributed by atoms with Crippen LogP contribution < -0.4 is 5.32 Å². The van der Waals surface area contributed by atoms with E-state index in [1.165, 1.54) is 17.8 Å². The molecule has 3 heterocycles. The molecule has 0 aliphatic carbocycles. The molecule has 0 unspecified atom stereocenters. The molecule has 0 saturated heterocycles. The van der Waals surface area contributed by atoms with Gasteiger partial charge < -0.3 is 14.4 Å². The Morgan fingerprint density at radius 3 is 2.91 bits per heavy atom. The van der Waals surface area contributed by atoms with Crippen molar-refractivity contribution in [1.82, 2.24) is 24.9 Å². The fourth-order valence-corrected chi connectivity index (χ4v) is 4.86. The van der Waals surface area contributed by atoms with E-state index in [1.54, 1.807) is 31.2 Å². The first-order valence-electron chi connectivity index (χ1n) is 11.1. The molecule has 0 spiro atoms. The van der Waals surface area contributed by atoms with Crippen LogP contribution in [0.5, 0.6) is 0 Å². The van der Waals surface area contributed by atoms with Crippen LogP contribution in [0.4, 0.5) is 10.1 Å². The third-order valence-corrected chi connectivity index (χ3v) is 6.71. The number of thioether (sulfide) groups is 1. The second-order valence-corrected chi connectivity index (χ2v) is 9.08. The van der Waals surface area contributed by atoms with Crippen LogP contribution >= 0.6 is 11.8 Å². The predicted molar refractivity (Wildman–Crippen MR) is 126 cm³/mol. The molecule has 1 amide bonds. The zero-order valence-electron chi connectivity index (χ0n) is 18.6. The van der Waals surface area contributed by atoms with E-state index in [9.17, 15) is 9.18 Å². The molecule has 1 N–H and O–H groups in total. The van der Waals surface area contributed by atoms with Crippen molar-refractivity contribution in [3.8, 4) is 11.4 Å². The number of nitrogens with zero attached hydrogens (tertiary/aromatic N) is 5. The molecule has 2 aromatic heterocycles. The Labute approximate surface area is 200 Å². The molecule has 10 heteroatoms. The maximum atomic E-state index is 14.7. The Morgan fingerprint density at radius 2 is 2.06 bits per heavy atom. The number of rotatable bonds is 6. The largest absolute Gasteiger partial charge is 0.340 e. The summed E-state index contributed by atoms with van der Waals surface area (Å²) in [4.78, 5) is 18.0. The van der Waals surface area contributed by atoms with Crippen molar-refractivity contribution in [3.63, 3.8) is 0 Å². The summed E-state index contributed by atoms with van der Waals surface area (Å²) in [5, 5.41) is 15.3. The first kappa shape index (κ1) is 22.3. The number of hydrogen-bond acceptors (Lipinski definition) is 7. The molecule has 0 radical (unpaired) electrons. The number of fused-ring (bicyclic) bond motifs is 1. The molecule has 2 aromatic carbocycles. The van der Waals surface area contributed by atoms with Crippen molar-refractivity contribution in [2.45, 2.75) is 49.8 Å². The normalized spacial score (nSPS) is 13.4. The van der Waals surface area contributed by atoms with Crippen LogP contribution in [0.1, 0.15) is 47.2 Å². The van der Waals surface area contributed by atoms with Crippen LogP contribution in [0, 0.1) is 12.7 Å². The van der Waals surface area contributed by atoms with Gasteiger partial charge in [0.25, 0.3) is 5.91 Å². The minimum Gasteiger partial charge on any atom is -0.340 e. The van der Waals surface area contributed by atoms with E-state index in [2.05, 4.69) is 30.2 Å². The van der Waals surface area contributed by atoms with Gasteiger partial charge in [0.2, 0.25) is 5.89 Å². The topological polar surface area (TPSA) is 98.7 Å². The number of nitrogens with one attached hydrogen (secondary N) is 1. The Kier molecular flexibility index (Phi) is 6.39. The molecule has 174 valence electrons. The van der Waals surface area contributed by atoms with Crippen molar-refractivity contribution in [2.24, 2.45) is 0 Å². The first-order chi connectivity index (χ1) is 16.6. The first-order valence-corrected chi connectivity index (χ1v) is 12.1. The van der Waals surface area contributed by atoms with Gasteiger partial charge >= 0.3 is 0 Å². The van der Waals surface area contributed by atoms with Crippen LogP contribution in [0.25, 0.3) is 11.4 Å². The van der Waals surface area contributed by atoms with Crippen molar-refractivity contribution < 1.29 is 13.7 Å². The van der Waals surface area contributed by atoms with Crippen molar-refractivity contribution in [3.05, 3.63) is 71.4 Å². The lowest BCUT2D eigenvalue weighted by molar-refractivity contribution is 0.102. The third-order valence-electron chi connectivity index (χ3n) is 5.64. The summed E-state index contributed by atoms with van der Waals surface area (Å²) in [6.07, 6.45) is 4.18. The van der Waals surface area contributed by atoms with Crippen LogP contribution in [0.3, 0.4) is 0 Å². The second-order valence-electron chi connectivity index (χ2n) is 8.07. The smallest absolute Gasteiger partial charge is 0.256 e. The van der Waals surface area contributed by atoms with Gasteiger partial charge in [0.05, 0.1) is 17.0 Å². The van der Waals surface area contributed by atoms with Gasteiger partial charge in [0.1, 0.15) is 11.6 Å². The molecule has 0 bridgehead atoms. The van der Waals surface area contributed by atoms with E-state index < -0.39 is 11.7 Å². The van der Waals surface area contributed by atoms with Gasteiger partial charge in [-0.1, -0.05) is 23.7 Å². The minimum atomic E-state index is -0.514. The number of carbonyl (C=O) groups is 1. The fourth-order valence-electron chi connectivity index (χ4n) is 3.97. The number of hydrogen-bond donors (Lipinski definition) is 1. The van der Waals surface area contributed by atoms with Gasteiger partial charge in [0, 0.05) is 30.3 Å². The Hall–Kier alpha value is -3.53. The highest BCUT2D eigenvalue weighted by Crippen LogP contribution is 2.29. The molecular formula is C24H23FN6O2S. The van der Waals surface area contributed by atoms with Gasteiger partial charge in [-0.25, -0.2) is 4.39 Å². The second kappa shape index (κ2) is 9.76. The number of amides is 1. The van der Waals surface area contributed by atoms with Crippen molar-refractivity contribution >= 4 is 23.4 Å². The van der Waals surface area contributed by atoms with Gasteiger partial charge in [0.15, 0.2) is 11.6 Å². The third kappa shape index (κ3) is 4.72. The van der Waals surface area contributed by atoms with E-state index in [0.717, 1.165) is 42.9 Å². The van der Waals surface area contributed by atoms with Gasteiger partial charge in [-0.15, -0.1) is 22.0 Å². The summed E-state index contributed by atoms with van der Waals surface area (Å²) >= 11 is 1.41. The molecule has 0 atom stereocenters. The summed E-state index contributed by atoms with van der Waals surface area (Å²) in [5.41, 5.74) is 1.25. The number of anilines is 1. The number of halogens is 1. The summed E-state index contributed by atoms with van der Waals surface area (Å²) in [6, 6.07) is 11.8. The summed E-state index contributed by atoms with van der Waals surface area (Å²) < 4.78 is 21.8. The Balaban J connectivity index is 1.37. The lowest BCUT2D eigenvalue weighted by Crippen LogP contribution is -2.14. The van der Waals surface area contributed by atoms with E-state index in [-0.39, 0.29) is 5.69 Å². The molecule has 4 aromatic rings. The SMILES string of the molecule is Cc1nc(CSc2ccccc2C(=O)Nc2cc(-c3nnc4n3CCCCC4)ccc2F)no1. The van der Waals surface area contributed by atoms with Gasteiger partial charge in [-0.05, 0) is 43.2 Å². The monoisotopic (exact) mass is 478 g/mol. The highest BCUT2D eigenvalue weighted by atomic mass is 32.2. The van der Waals surface area contributed by atoms with Crippen molar-refractivity contribution in [2.75, 3.05) is 5.32 Å². The fraction of sp³-hybridized carbons (Fsp3) is 0.292. The number of benzene rings is 2. The zero-order valence-corrected chi connectivity index (χ0v) is 19.4. The van der Waals surface area contributed by atoms with E-state index in [1.807, 2.05) is 12.1 Å². The van der Waals surface area contributed by atoms with Crippen LogP contribution in [-0.2, 0) is 18.7 Å². The number of aromatic nitrogens is 5. The standard InChI is InChI=1S/C24H23FN6O2S/c1-15-26-21(30-33-15)14-34-20-8-5-4-7-17(20)24(32)27-19-13-16(10-11-18(19)25)23-29-28-22-9-3-2-6-12-31(22)23/h4-5,7-8,10-11,13H,2-3,6,9,12,14H2,1H3,(H,27,32). The molecule has 0 fully saturated rings. The quantitative estimate of drug-likeness (QED) is 0.387. The molecule has 34 heavy (non-hydrogen) atoms. The van der Waals surface area contributed by atoms with Gasteiger partial charge in [-0.3, -0.25) is 4.79 Å². The van der Waals surface area contributed by atoms with Crippen LogP contribution in [0.2, 0.25) is 0 Å². The van der Waals surface area contributed by atoms with E-state index in [4.69, 9.17) is 4.52 Å². The van der Waals surface area contributed by atoms with Crippen LogP contribution in [-0.4, -0.2) is 30.8 Å². The maximum absolute atomic E-state index is 14.7. The Bertz CT molecular complexity index is 1330. The van der Waals surface area contributed by atoms with E-state index >= 15 is 0 Å². The van der Waals surface area contributed by atoms with E-state index in [0.29, 0.717) is 34.4 Å². The van der Waals surface area contributed by atoms with Crippen molar-refractivity contribution in [1.29, 1.82) is 0 Å². The summed E-state index contributed by atoms with van der Waals surface area (Å²) in [5.74, 6) is 2.21. The predicted octanol–water partition coefficient (Wildman–Crippen LogP) is 5.05. The molecule has 8 nitrogen and oxygen atoms in total. The van der Waals surface area contributed by atoms with Gasteiger partial charge in [-0.2, -0.15) is 4.98 Å². The Morgan fingerprint density at radius 1 is 1.18 bits per heavy atom. The van der Waals surface area contributed by atoms with Crippen LogP contribution in [0.15, 0.2) is 51.9 Å². The highest BCUT2D eigenvalue weighted by molar-refractivity contribution is 7.98.